The molecule has 0 saturated heterocycles. The minimum atomic E-state index is -0.0481. The predicted molar refractivity (Wildman–Crippen MR) is 107 cm³/mol. The number of unbranched alkanes of at least 4 members (excludes halogenated alkanes) is 2. The van der Waals surface area contributed by atoms with Crippen LogP contribution in [-0.4, -0.2) is 6.61 Å². The molecule has 4 nitrogen and oxygen atoms in total. The van der Waals surface area contributed by atoms with E-state index in [2.05, 4.69) is 13.0 Å². The van der Waals surface area contributed by atoms with Gasteiger partial charge in [0.1, 0.15) is 17.1 Å². The third kappa shape index (κ3) is 4.38. The van der Waals surface area contributed by atoms with Crippen molar-refractivity contribution in [2.45, 2.75) is 39.0 Å². The molecule has 3 aromatic rings. The van der Waals surface area contributed by atoms with Crippen LogP contribution in [0.1, 0.15) is 38.2 Å². The van der Waals surface area contributed by atoms with E-state index in [9.17, 15) is 4.79 Å². The first-order valence-corrected chi connectivity index (χ1v) is 9.39. The summed E-state index contributed by atoms with van der Waals surface area (Å²) >= 11 is 0. The monoisotopic (exact) mass is 361 g/mol. The second kappa shape index (κ2) is 9.05. The molecule has 0 spiro atoms. The van der Waals surface area contributed by atoms with E-state index in [1.54, 1.807) is 12.1 Å². The predicted octanol–water partition coefficient (Wildman–Crippen LogP) is 5.49. The quantitative estimate of drug-likeness (QED) is 0.498. The van der Waals surface area contributed by atoms with Crippen molar-refractivity contribution >= 4 is 11.0 Å². The molecule has 0 atom stereocenters. The molecule has 1 heterocycles. The SMILES string of the molecule is CCCc1c(OCCCCC#N)ccc2c(=O)cc(-c3ccccc3)oc12. The Kier molecular flexibility index (Phi) is 6.27. The molecule has 0 amide bonds. The molecular weight excluding hydrogens is 338 g/mol. The van der Waals surface area contributed by atoms with Gasteiger partial charge in [-0.25, -0.2) is 0 Å². The minimum Gasteiger partial charge on any atom is -0.493 e. The van der Waals surface area contributed by atoms with Gasteiger partial charge in [0.25, 0.3) is 0 Å². The van der Waals surface area contributed by atoms with Crippen LogP contribution in [0.15, 0.2) is 57.7 Å². The van der Waals surface area contributed by atoms with Crippen LogP contribution in [0.2, 0.25) is 0 Å². The molecule has 1 aromatic heterocycles. The number of fused-ring (bicyclic) bond motifs is 1. The van der Waals surface area contributed by atoms with Crippen molar-refractivity contribution in [2.24, 2.45) is 0 Å². The van der Waals surface area contributed by atoms with Crippen LogP contribution in [-0.2, 0) is 6.42 Å². The van der Waals surface area contributed by atoms with Crippen molar-refractivity contribution in [3.8, 4) is 23.1 Å². The average molecular weight is 361 g/mol. The minimum absolute atomic E-state index is 0.0481. The maximum absolute atomic E-state index is 12.6. The lowest BCUT2D eigenvalue weighted by Gasteiger charge is -2.13. The normalized spacial score (nSPS) is 10.7. The smallest absolute Gasteiger partial charge is 0.193 e. The lowest BCUT2D eigenvalue weighted by Crippen LogP contribution is -2.05. The molecule has 2 aromatic carbocycles. The Bertz CT molecular complexity index is 1000. The maximum Gasteiger partial charge on any atom is 0.193 e. The lowest BCUT2D eigenvalue weighted by molar-refractivity contribution is 0.304. The van der Waals surface area contributed by atoms with Crippen molar-refractivity contribution in [1.29, 1.82) is 5.26 Å². The number of rotatable bonds is 8. The summed E-state index contributed by atoms with van der Waals surface area (Å²) in [5.41, 5.74) is 2.37. The van der Waals surface area contributed by atoms with Crippen LogP contribution in [0.3, 0.4) is 0 Å². The van der Waals surface area contributed by atoms with E-state index in [0.717, 1.165) is 42.6 Å². The van der Waals surface area contributed by atoms with E-state index in [1.165, 1.54) is 0 Å². The molecule has 0 fully saturated rings. The van der Waals surface area contributed by atoms with Crippen LogP contribution in [0.5, 0.6) is 5.75 Å². The van der Waals surface area contributed by atoms with Gasteiger partial charge in [-0.1, -0.05) is 43.7 Å². The number of hydrogen-bond acceptors (Lipinski definition) is 4. The fourth-order valence-corrected chi connectivity index (χ4v) is 3.11. The van der Waals surface area contributed by atoms with E-state index in [-0.39, 0.29) is 5.43 Å². The summed E-state index contributed by atoms with van der Waals surface area (Å²) in [6.45, 7) is 2.64. The van der Waals surface area contributed by atoms with Crippen molar-refractivity contribution in [3.63, 3.8) is 0 Å². The Hall–Kier alpha value is -3.06. The fraction of sp³-hybridized carbons (Fsp3) is 0.304. The number of benzene rings is 2. The largest absolute Gasteiger partial charge is 0.493 e. The van der Waals surface area contributed by atoms with Gasteiger partial charge in [-0.15, -0.1) is 0 Å². The zero-order chi connectivity index (χ0) is 19.1. The summed E-state index contributed by atoms with van der Waals surface area (Å²) in [5.74, 6) is 1.33. The topological polar surface area (TPSA) is 63.2 Å². The van der Waals surface area contributed by atoms with Gasteiger partial charge in [-0.3, -0.25) is 4.79 Å². The highest BCUT2D eigenvalue weighted by molar-refractivity contribution is 5.83. The first-order valence-electron chi connectivity index (χ1n) is 9.39. The summed E-state index contributed by atoms with van der Waals surface area (Å²) in [5, 5.41) is 9.21. The summed E-state index contributed by atoms with van der Waals surface area (Å²) in [6.07, 6.45) is 3.87. The first kappa shape index (κ1) is 18.7. The summed E-state index contributed by atoms with van der Waals surface area (Å²) in [4.78, 5) is 12.6. The molecule has 0 aliphatic rings. The van der Waals surface area contributed by atoms with Gasteiger partial charge in [0.2, 0.25) is 0 Å². The maximum atomic E-state index is 12.6. The molecule has 0 aliphatic carbocycles. The third-order valence-corrected chi connectivity index (χ3v) is 4.46. The van der Waals surface area contributed by atoms with Crippen LogP contribution in [0.4, 0.5) is 0 Å². The standard InChI is InChI=1S/C23H23NO3/c1-2-9-19-21(26-15-8-4-7-14-24)13-12-18-20(25)16-22(27-23(18)19)17-10-5-3-6-11-17/h3,5-6,10-13,16H,2,4,7-9,15H2,1H3. The Morgan fingerprint density at radius 3 is 2.67 bits per heavy atom. The Balaban J connectivity index is 2.01. The van der Waals surface area contributed by atoms with Gasteiger partial charge in [0.05, 0.1) is 18.1 Å². The van der Waals surface area contributed by atoms with Gasteiger partial charge >= 0.3 is 0 Å². The zero-order valence-corrected chi connectivity index (χ0v) is 15.5. The second-order valence-electron chi connectivity index (χ2n) is 6.47. The highest BCUT2D eigenvalue weighted by atomic mass is 16.5. The van der Waals surface area contributed by atoms with Gasteiger partial charge in [-0.05, 0) is 31.4 Å². The molecule has 0 saturated carbocycles. The molecule has 0 unspecified atom stereocenters. The Labute approximate surface area is 159 Å². The van der Waals surface area contributed by atoms with Gasteiger partial charge in [-0.2, -0.15) is 5.26 Å². The van der Waals surface area contributed by atoms with Crippen molar-refractivity contribution in [3.05, 3.63) is 64.3 Å². The molecule has 0 bridgehead atoms. The van der Waals surface area contributed by atoms with Gasteiger partial charge < -0.3 is 9.15 Å². The number of nitrogens with zero attached hydrogens (tertiary/aromatic N) is 1. The molecule has 4 heteroatoms. The molecular formula is C23H23NO3. The highest BCUT2D eigenvalue weighted by Gasteiger charge is 2.15. The van der Waals surface area contributed by atoms with Crippen LogP contribution < -0.4 is 10.2 Å². The Morgan fingerprint density at radius 2 is 1.93 bits per heavy atom. The molecule has 0 N–H and O–H groups in total. The van der Waals surface area contributed by atoms with E-state index in [4.69, 9.17) is 14.4 Å². The zero-order valence-electron chi connectivity index (χ0n) is 15.5. The van der Waals surface area contributed by atoms with Crippen molar-refractivity contribution in [1.82, 2.24) is 0 Å². The molecule has 27 heavy (non-hydrogen) atoms. The van der Waals surface area contributed by atoms with Gasteiger partial charge in [0.15, 0.2) is 5.43 Å². The van der Waals surface area contributed by atoms with Gasteiger partial charge in [0, 0.05) is 23.6 Å². The number of hydrogen-bond donors (Lipinski definition) is 0. The lowest BCUT2D eigenvalue weighted by atomic mass is 10.0. The first-order chi connectivity index (χ1) is 13.2. The van der Waals surface area contributed by atoms with E-state index < -0.39 is 0 Å². The summed E-state index contributed by atoms with van der Waals surface area (Å²) in [6, 6.07) is 17.0. The molecule has 0 radical (unpaired) electrons. The van der Waals surface area contributed by atoms with Crippen LogP contribution in [0.25, 0.3) is 22.3 Å². The Morgan fingerprint density at radius 1 is 1.11 bits per heavy atom. The second-order valence-corrected chi connectivity index (χ2v) is 6.47. The molecule has 3 rings (SSSR count). The van der Waals surface area contributed by atoms with Crippen molar-refractivity contribution in [2.75, 3.05) is 6.61 Å². The van der Waals surface area contributed by atoms with E-state index in [1.807, 2.05) is 36.4 Å². The van der Waals surface area contributed by atoms with E-state index in [0.29, 0.717) is 29.8 Å². The van der Waals surface area contributed by atoms with E-state index >= 15 is 0 Å². The van der Waals surface area contributed by atoms with Crippen LogP contribution >= 0.6 is 0 Å². The summed E-state index contributed by atoms with van der Waals surface area (Å²) in [7, 11) is 0. The highest BCUT2D eigenvalue weighted by Crippen LogP contribution is 2.31. The number of nitriles is 1. The average Bonchev–Trinajstić information content (AvgIpc) is 2.70. The summed E-state index contributed by atoms with van der Waals surface area (Å²) < 4.78 is 12.1. The van der Waals surface area contributed by atoms with Crippen molar-refractivity contribution < 1.29 is 9.15 Å². The van der Waals surface area contributed by atoms with Crippen LogP contribution in [0, 0.1) is 11.3 Å². The molecule has 138 valence electrons. The fourth-order valence-electron chi connectivity index (χ4n) is 3.11. The molecule has 0 aliphatic heterocycles. The third-order valence-electron chi connectivity index (χ3n) is 4.46. The number of aryl methyl sites for hydroxylation is 1. The number of ether oxygens (including phenoxy) is 1.